The van der Waals surface area contributed by atoms with Gasteiger partial charge in [-0.15, -0.1) is 0 Å². The smallest absolute Gasteiger partial charge is 0.439 e. The van der Waals surface area contributed by atoms with Gasteiger partial charge in [-0.3, -0.25) is 9.51 Å². The Balaban J connectivity index is 2.52. The summed E-state index contributed by atoms with van der Waals surface area (Å²) in [5, 5.41) is 3.46. The molecule has 0 aliphatic rings. The van der Waals surface area contributed by atoms with E-state index in [4.69, 9.17) is 4.42 Å². The molecule has 0 aromatic carbocycles. The van der Waals surface area contributed by atoms with Gasteiger partial charge in [-0.05, 0) is 31.9 Å². The monoisotopic (exact) mass is 308 g/mol. The molecule has 0 aliphatic carbocycles. The number of H-pyrrole nitrogens is 1. The number of nitrogens with zero attached hydrogens (tertiary/aromatic N) is 1. The number of rotatable bonds is 1. The highest BCUT2D eigenvalue weighted by Gasteiger charge is 2.11. The van der Waals surface area contributed by atoms with Crippen molar-refractivity contribution in [2.45, 2.75) is 0 Å². The molecule has 0 amide bonds. The first kappa shape index (κ1) is 8.76. The lowest BCUT2D eigenvalue weighted by atomic mass is 10.4. The first-order chi connectivity index (χ1) is 6.16. The fraction of sp³-hybridized carbons (Fsp3) is 0. The number of hydrogen-bond acceptors (Lipinski definition) is 4. The first-order valence-corrected chi connectivity index (χ1v) is 4.76. The highest BCUT2D eigenvalue weighted by molar-refractivity contribution is 9.13. The molecule has 13 heavy (non-hydrogen) atoms. The second kappa shape index (κ2) is 3.15. The SMILES string of the molecule is O=c1[nH]c(-c2cc(Br)c(Br)o2)no1. The second-order valence-electron chi connectivity index (χ2n) is 2.18. The van der Waals surface area contributed by atoms with Gasteiger partial charge in [0.25, 0.3) is 0 Å². The van der Waals surface area contributed by atoms with Crippen LogP contribution in [0.25, 0.3) is 11.6 Å². The van der Waals surface area contributed by atoms with Gasteiger partial charge in [0, 0.05) is 6.07 Å². The van der Waals surface area contributed by atoms with Gasteiger partial charge in [0.15, 0.2) is 10.4 Å². The Morgan fingerprint density at radius 2 is 2.23 bits per heavy atom. The van der Waals surface area contributed by atoms with E-state index in [0.717, 1.165) is 4.47 Å². The van der Waals surface area contributed by atoms with E-state index < -0.39 is 5.76 Å². The molecule has 68 valence electrons. The van der Waals surface area contributed by atoms with Gasteiger partial charge >= 0.3 is 5.76 Å². The van der Waals surface area contributed by atoms with Crippen LogP contribution in [-0.2, 0) is 0 Å². The lowest BCUT2D eigenvalue weighted by Crippen LogP contribution is -1.94. The predicted octanol–water partition coefficient (Wildman–Crippen LogP) is 2.15. The fourth-order valence-electron chi connectivity index (χ4n) is 0.799. The van der Waals surface area contributed by atoms with Crippen LogP contribution >= 0.6 is 31.9 Å². The van der Waals surface area contributed by atoms with E-state index in [0.29, 0.717) is 10.4 Å². The molecule has 0 bridgehead atoms. The van der Waals surface area contributed by atoms with Crippen molar-refractivity contribution >= 4 is 31.9 Å². The third kappa shape index (κ3) is 1.61. The number of furan rings is 1. The predicted molar refractivity (Wildman–Crippen MR) is 50.2 cm³/mol. The molecule has 0 aliphatic heterocycles. The molecule has 2 rings (SSSR count). The van der Waals surface area contributed by atoms with Crippen LogP contribution in [0.1, 0.15) is 0 Å². The third-order valence-electron chi connectivity index (χ3n) is 1.32. The van der Waals surface area contributed by atoms with Crippen molar-refractivity contribution in [3.8, 4) is 11.6 Å². The molecule has 0 saturated carbocycles. The quantitative estimate of drug-likeness (QED) is 0.876. The van der Waals surface area contributed by atoms with Gasteiger partial charge in [-0.1, -0.05) is 5.16 Å². The summed E-state index contributed by atoms with van der Waals surface area (Å²) < 4.78 is 10.8. The van der Waals surface area contributed by atoms with Crippen molar-refractivity contribution in [3.05, 3.63) is 25.8 Å². The van der Waals surface area contributed by atoms with E-state index >= 15 is 0 Å². The summed E-state index contributed by atoms with van der Waals surface area (Å²) in [5.41, 5.74) is 0. The maximum absolute atomic E-state index is 10.6. The van der Waals surface area contributed by atoms with E-state index in [2.05, 4.69) is 46.5 Å². The summed E-state index contributed by atoms with van der Waals surface area (Å²) >= 11 is 6.39. The Morgan fingerprint density at radius 3 is 2.69 bits per heavy atom. The molecule has 2 aromatic heterocycles. The summed E-state index contributed by atoms with van der Waals surface area (Å²) in [7, 11) is 0. The van der Waals surface area contributed by atoms with E-state index in [1.165, 1.54) is 0 Å². The van der Waals surface area contributed by atoms with Gasteiger partial charge < -0.3 is 4.42 Å². The Kier molecular flexibility index (Phi) is 2.12. The average molecular weight is 310 g/mol. The zero-order valence-electron chi connectivity index (χ0n) is 6.01. The Bertz CT molecular complexity index is 465. The van der Waals surface area contributed by atoms with Crippen molar-refractivity contribution in [1.82, 2.24) is 10.1 Å². The van der Waals surface area contributed by atoms with Crippen LogP contribution in [0.15, 0.2) is 28.9 Å². The van der Waals surface area contributed by atoms with E-state index in [-0.39, 0.29) is 5.82 Å². The summed E-state index contributed by atoms with van der Waals surface area (Å²) in [6, 6.07) is 1.66. The van der Waals surface area contributed by atoms with Crippen LogP contribution < -0.4 is 5.76 Å². The molecule has 5 nitrogen and oxygen atoms in total. The lowest BCUT2D eigenvalue weighted by molar-refractivity contribution is 0.386. The maximum Gasteiger partial charge on any atom is 0.439 e. The van der Waals surface area contributed by atoms with Crippen molar-refractivity contribution in [3.63, 3.8) is 0 Å². The minimum Gasteiger partial charge on any atom is -0.445 e. The summed E-state index contributed by atoms with van der Waals surface area (Å²) in [6.07, 6.45) is 0. The minimum absolute atomic E-state index is 0.261. The van der Waals surface area contributed by atoms with Crippen molar-refractivity contribution < 1.29 is 8.94 Å². The van der Waals surface area contributed by atoms with Crippen LogP contribution in [0, 0.1) is 0 Å². The van der Waals surface area contributed by atoms with Crippen LogP contribution in [0.3, 0.4) is 0 Å². The highest BCUT2D eigenvalue weighted by atomic mass is 79.9. The molecule has 0 unspecified atom stereocenters. The van der Waals surface area contributed by atoms with Gasteiger partial charge in [0.1, 0.15) is 0 Å². The molecular formula is C6H2Br2N2O3. The molecule has 2 heterocycles. The van der Waals surface area contributed by atoms with E-state index in [1.54, 1.807) is 6.07 Å². The fourth-order valence-corrected chi connectivity index (χ4v) is 1.38. The van der Waals surface area contributed by atoms with Gasteiger partial charge in [0.05, 0.1) is 4.47 Å². The highest BCUT2D eigenvalue weighted by Crippen LogP contribution is 2.30. The van der Waals surface area contributed by atoms with Crippen molar-refractivity contribution in [2.24, 2.45) is 0 Å². The third-order valence-corrected chi connectivity index (χ3v) is 3.03. The van der Waals surface area contributed by atoms with Crippen molar-refractivity contribution in [1.29, 1.82) is 0 Å². The normalized spacial score (nSPS) is 10.6. The lowest BCUT2D eigenvalue weighted by Gasteiger charge is -1.83. The summed E-state index contributed by atoms with van der Waals surface area (Å²) in [4.78, 5) is 13.0. The Morgan fingerprint density at radius 1 is 1.46 bits per heavy atom. The van der Waals surface area contributed by atoms with Crippen molar-refractivity contribution in [2.75, 3.05) is 0 Å². The molecular weight excluding hydrogens is 308 g/mol. The second-order valence-corrected chi connectivity index (χ2v) is 3.75. The molecule has 0 atom stereocenters. The average Bonchev–Trinajstić information content (AvgIpc) is 2.61. The zero-order chi connectivity index (χ0) is 9.42. The number of aromatic nitrogens is 2. The molecule has 0 radical (unpaired) electrons. The van der Waals surface area contributed by atoms with Gasteiger partial charge in [0.2, 0.25) is 5.82 Å². The van der Waals surface area contributed by atoms with Crippen LogP contribution in [0.5, 0.6) is 0 Å². The van der Waals surface area contributed by atoms with Crippen LogP contribution in [0.2, 0.25) is 0 Å². The Hall–Kier alpha value is -0.820. The number of aromatic amines is 1. The number of halogens is 2. The Labute approximate surface area is 88.4 Å². The summed E-state index contributed by atoms with van der Waals surface area (Å²) in [6.45, 7) is 0. The number of hydrogen-bond donors (Lipinski definition) is 1. The van der Waals surface area contributed by atoms with E-state index in [1.807, 2.05) is 0 Å². The van der Waals surface area contributed by atoms with Gasteiger partial charge in [-0.2, -0.15) is 0 Å². The topological polar surface area (TPSA) is 72.0 Å². The maximum atomic E-state index is 10.6. The molecule has 0 saturated heterocycles. The molecule has 0 fully saturated rings. The van der Waals surface area contributed by atoms with Gasteiger partial charge in [-0.25, -0.2) is 4.79 Å². The molecule has 1 N–H and O–H groups in total. The minimum atomic E-state index is -0.612. The summed E-state index contributed by atoms with van der Waals surface area (Å²) in [5.74, 6) is 0.0691. The number of nitrogens with one attached hydrogen (secondary N) is 1. The molecule has 0 spiro atoms. The first-order valence-electron chi connectivity index (χ1n) is 3.18. The van der Waals surface area contributed by atoms with Crippen LogP contribution in [-0.4, -0.2) is 10.1 Å². The zero-order valence-corrected chi connectivity index (χ0v) is 9.18. The van der Waals surface area contributed by atoms with Crippen LogP contribution in [0.4, 0.5) is 0 Å². The molecule has 2 aromatic rings. The molecule has 7 heteroatoms. The standard InChI is InChI=1S/C6H2Br2N2O3/c7-2-1-3(12-4(2)8)5-9-6(11)13-10-5/h1H,(H,9,10,11). The largest absolute Gasteiger partial charge is 0.445 e. The van der Waals surface area contributed by atoms with E-state index in [9.17, 15) is 4.79 Å².